The van der Waals surface area contributed by atoms with Crippen LogP contribution < -0.4 is 0 Å². The van der Waals surface area contributed by atoms with E-state index >= 15 is 0 Å². The van der Waals surface area contributed by atoms with E-state index in [0.717, 1.165) is 22.6 Å². The molecule has 1 heteroatoms. The Hall–Kier alpha value is 0.480. The molecular weight excluding hydrogens is 188 g/mol. The highest BCUT2D eigenvalue weighted by Crippen LogP contribution is 2.40. The van der Waals surface area contributed by atoms with Crippen molar-refractivity contribution >= 4 is 15.9 Å². The number of rotatable bonds is 2. The second kappa shape index (κ2) is 3.25. The summed E-state index contributed by atoms with van der Waals surface area (Å²) in [5, 5.41) is 0. The number of alkyl halides is 1. The molecule has 0 aliphatic heterocycles. The molecule has 1 saturated carbocycles. The van der Waals surface area contributed by atoms with Crippen molar-refractivity contribution in [1.29, 1.82) is 0 Å². The summed E-state index contributed by atoms with van der Waals surface area (Å²) in [6.07, 6.45) is 2.88. The first kappa shape index (κ1) is 8.58. The molecule has 1 aliphatic rings. The minimum atomic E-state index is 0.767. The Morgan fingerprint density at radius 1 is 1.30 bits per heavy atom. The van der Waals surface area contributed by atoms with Gasteiger partial charge in [-0.1, -0.05) is 36.7 Å². The zero-order valence-electron chi connectivity index (χ0n) is 7.10. The summed E-state index contributed by atoms with van der Waals surface area (Å²) in [5.74, 6) is 2.76. The van der Waals surface area contributed by atoms with E-state index in [1.165, 1.54) is 12.8 Å². The van der Waals surface area contributed by atoms with E-state index in [4.69, 9.17) is 0 Å². The van der Waals surface area contributed by atoms with Crippen LogP contribution in [0.4, 0.5) is 0 Å². The molecule has 1 fully saturated rings. The molecule has 0 saturated heterocycles. The maximum absolute atomic E-state index is 3.75. The molecule has 0 N–H and O–H groups in total. The first-order valence-electron chi connectivity index (χ1n) is 4.25. The summed E-state index contributed by atoms with van der Waals surface area (Å²) < 4.78 is 0. The second-order valence-electron chi connectivity index (χ2n) is 4.03. The van der Waals surface area contributed by atoms with Gasteiger partial charge in [-0.3, -0.25) is 0 Å². The molecule has 60 valence electrons. The lowest BCUT2D eigenvalue weighted by Gasteiger charge is -2.37. The Labute approximate surface area is 72.5 Å². The maximum atomic E-state index is 3.75. The van der Waals surface area contributed by atoms with E-state index in [-0.39, 0.29) is 0 Å². The average molecular weight is 205 g/mol. The van der Waals surface area contributed by atoms with Crippen LogP contribution in [0, 0.1) is 17.8 Å². The number of hydrogen-bond acceptors (Lipinski definition) is 0. The van der Waals surface area contributed by atoms with E-state index in [1.807, 2.05) is 0 Å². The van der Waals surface area contributed by atoms with Crippen LogP contribution in [-0.4, -0.2) is 4.83 Å². The summed E-state index contributed by atoms with van der Waals surface area (Å²) in [7, 11) is 0. The Kier molecular flexibility index (Phi) is 2.79. The van der Waals surface area contributed by atoms with E-state index < -0.39 is 0 Å². The molecule has 0 bridgehead atoms. The minimum absolute atomic E-state index is 0.767. The van der Waals surface area contributed by atoms with Gasteiger partial charge in [0.2, 0.25) is 0 Å². The van der Waals surface area contributed by atoms with Crippen LogP contribution in [-0.2, 0) is 0 Å². The van der Waals surface area contributed by atoms with Gasteiger partial charge >= 0.3 is 0 Å². The fraction of sp³-hybridized carbons (Fsp3) is 1.00. The van der Waals surface area contributed by atoms with Crippen molar-refractivity contribution in [3.63, 3.8) is 0 Å². The van der Waals surface area contributed by atoms with E-state index in [9.17, 15) is 0 Å². The molecule has 0 nitrogen and oxygen atoms in total. The van der Waals surface area contributed by atoms with Crippen LogP contribution in [0.2, 0.25) is 0 Å². The van der Waals surface area contributed by atoms with Gasteiger partial charge in [0.1, 0.15) is 0 Å². The zero-order chi connectivity index (χ0) is 7.72. The molecular formula is C9H17Br. The normalized spacial score (nSPS) is 35.7. The van der Waals surface area contributed by atoms with Gasteiger partial charge in [-0.15, -0.1) is 0 Å². The van der Waals surface area contributed by atoms with Crippen LogP contribution in [0.25, 0.3) is 0 Å². The quantitative estimate of drug-likeness (QED) is 0.605. The molecule has 0 radical (unpaired) electrons. The van der Waals surface area contributed by atoms with Crippen molar-refractivity contribution in [2.45, 2.75) is 38.4 Å². The summed E-state index contributed by atoms with van der Waals surface area (Å²) in [5.41, 5.74) is 0. The Morgan fingerprint density at radius 2 is 1.80 bits per heavy atom. The van der Waals surface area contributed by atoms with Crippen LogP contribution in [0.1, 0.15) is 33.6 Å². The van der Waals surface area contributed by atoms with E-state index in [1.54, 1.807) is 0 Å². The van der Waals surface area contributed by atoms with Crippen LogP contribution in [0.3, 0.4) is 0 Å². The van der Waals surface area contributed by atoms with Gasteiger partial charge in [0.25, 0.3) is 0 Å². The molecule has 10 heavy (non-hydrogen) atoms. The standard InChI is InChI=1S/C9H17Br/c1-6(2)9(10)8-4-7(3)5-8/h6-9H,4-5H2,1-3H3. The average Bonchev–Trinajstić information content (AvgIpc) is 1.79. The minimum Gasteiger partial charge on any atom is -0.0885 e. The molecule has 0 aromatic heterocycles. The molecule has 0 spiro atoms. The first-order chi connectivity index (χ1) is 4.61. The van der Waals surface area contributed by atoms with Crippen molar-refractivity contribution in [2.75, 3.05) is 0 Å². The Morgan fingerprint density at radius 3 is 2.10 bits per heavy atom. The predicted octanol–water partition coefficient (Wildman–Crippen LogP) is 3.45. The van der Waals surface area contributed by atoms with Gasteiger partial charge in [0.15, 0.2) is 0 Å². The Balaban J connectivity index is 2.24. The smallest absolute Gasteiger partial charge is 0.0197 e. The Bertz CT molecular complexity index is 103. The summed E-state index contributed by atoms with van der Waals surface area (Å²) in [6, 6.07) is 0. The molecule has 1 atom stereocenters. The summed E-state index contributed by atoms with van der Waals surface area (Å²) in [4.78, 5) is 0.767. The van der Waals surface area contributed by atoms with Gasteiger partial charge in [0.05, 0.1) is 0 Å². The van der Waals surface area contributed by atoms with Crippen LogP contribution in [0.15, 0.2) is 0 Å². The summed E-state index contributed by atoms with van der Waals surface area (Å²) in [6.45, 7) is 6.93. The highest BCUT2D eigenvalue weighted by atomic mass is 79.9. The van der Waals surface area contributed by atoms with E-state index in [0.29, 0.717) is 0 Å². The molecule has 0 aromatic rings. The third-order valence-corrected chi connectivity index (χ3v) is 4.30. The monoisotopic (exact) mass is 204 g/mol. The molecule has 1 rings (SSSR count). The number of halogens is 1. The first-order valence-corrected chi connectivity index (χ1v) is 5.17. The molecule has 1 aliphatic carbocycles. The molecule has 1 unspecified atom stereocenters. The highest BCUT2D eigenvalue weighted by Gasteiger charge is 2.32. The van der Waals surface area contributed by atoms with Gasteiger partial charge in [-0.05, 0) is 30.6 Å². The van der Waals surface area contributed by atoms with Gasteiger partial charge in [-0.25, -0.2) is 0 Å². The molecule has 0 amide bonds. The van der Waals surface area contributed by atoms with Crippen molar-refractivity contribution in [2.24, 2.45) is 17.8 Å². The third kappa shape index (κ3) is 1.75. The fourth-order valence-electron chi connectivity index (χ4n) is 1.77. The lowest BCUT2D eigenvalue weighted by molar-refractivity contribution is 0.191. The second-order valence-corrected chi connectivity index (χ2v) is 5.08. The van der Waals surface area contributed by atoms with Crippen molar-refractivity contribution in [3.8, 4) is 0 Å². The molecule has 0 aromatic carbocycles. The summed E-state index contributed by atoms with van der Waals surface area (Å²) >= 11 is 3.75. The lowest BCUT2D eigenvalue weighted by atomic mass is 9.72. The lowest BCUT2D eigenvalue weighted by Crippen LogP contribution is -2.31. The zero-order valence-corrected chi connectivity index (χ0v) is 8.69. The predicted molar refractivity (Wildman–Crippen MR) is 49.4 cm³/mol. The topological polar surface area (TPSA) is 0 Å². The van der Waals surface area contributed by atoms with Crippen LogP contribution in [0.5, 0.6) is 0 Å². The number of hydrogen-bond donors (Lipinski definition) is 0. The fourth-order valence-corrected chi connectivity index (χ4v) is 2.20. The SMILES string of the molecule is CC1CC(C(Br)C(C)C)C1. The third-order valence-electron chi connectivity index (χ3n) is 2.50. The highest BCUT2D eigenvalue weighted by molar-refractivity contribution is 9.09. The van der Waals surface area contributed by atoms with Crippen molar-refractivity contribution < 1.29 is 0 Å². The van der Waals surface area contributed by atoms with Gasteiger partial charge in [-0.2, -0.15) is 0 Å². The van der Waals surface area contributed by atoms with Crippen molar-refractivity contribution in [1.82, 2.24) is 0 Å². The largest absolute Gasteiger partial charge is 0.0885 e. The van der Waals surface area contributed by atoms with Crippen LogP contribution >= 0.6 is 15.9 Å². The van der Waals surface area contributed by atoms with Gasteiger partial charge in [0, 0.05) is 4.83 Å². The maximum Gasteiger partial charge on any atom is 0.0197 e. The van der Waals surface area contributed by atoms with Crippen molar-refractivity contribution in [3.05, 3.63) is 0 Å². The molecule has 0 heterocycles. The van der Waals surface area contributed by atoms with E-state index in [2.05, 4.69) is 36.7 Å². The van der Waals surface area contributed by atoms with Gasteiger partial charge < -0.3 is 0 Å².